The first kappa shape index (κ1) is 15.1. The molecule has 2 N–H and O–H groups in total. The Bertz CT molecular complexity index is 476. The summed E-state index contributed by atoms with van der Waals surface area (Å²) in [6, 6.07) is 5.25. The molecule has 0 aliphatic rings. The van der Waals surface area contributed by atoms with Crippen LogP contribution in [-0.4, -0.2) is 26.7 Å². The molecule has 1 aromatic rings. The van der Waals surface area contributed by atoms with E-state index in [9.17, 15) is 12.8 Å². The monoisotopic (exact) mass is 275 g/mol. The van der Waals surface area contributed by atoms with E-state index < -0.39 is 15.8 Å². The molecular weight excluding hydrogens is 257 g/mol. The minimum atomic E-state index is -3.82. The second-order valence-electron chi connectivity index (χ2n) is 4.07. The molecule has 1 rings (SSSR count). The Kier molecular flexibility index (Phi) is 5.71. The zero-order chi connectivity index (χ0) is 13.6. The first-order valence-electron chi connectivity index (χ1n) is 5.86. The van der Waals surface area contributed by atoms with Gasteiger partial charge in [-0.25, -0.2) is 17.5 Å². The smallest absolute Gasteiger partial charge is 0.243 e. The van der Waals surface area contributed by atoms with Crippen molar-refractivity contribution in [2.24, 2.45) is 5.92 Å². The number of hydrogen-bond acceptors (Lipinski definition) is 3. The van der Waals surface area contributed by atoms with Gasteiger partial charge in [0.15, 0.2) is 0 Å². The Hall–Kier alpha value is -0.980. The SMILES string of the molecule is CCC(CCO)CNS(=O)(=O)c1ccccc1F. The van der Waals surface area contributed by atoms with Gasteiger partial charge in [-0.15, -0.1) is 0 Å². The van der Waals surface area contributed by atoms with Crippen molar-refractivity contribution < 1.29 is 17.9 Å². The maximum absolute atomic E-state index is 13.4. The highest BCUT2D eigenvalue weighted by Crippen LogP contribution is 2.14. The maximum atomic E-state index is 13.4. The van der Waals surface area contributed by atoms with Gasteiger partial charge in [-0.05, 0) is 24.5 Å². The van der Waals surface area contributed by atoms with Crippen molar-refractivity contribution in [3.05, 3.63) is 30.1 Å². The molecule has 0 aromatic heterocycles. The van der Waals surface area contributed by atoms with Gasteiger partial charge in [0.05, 0.1) is 0 Å². The van der Waals surface area contributed by atoms with Crippen molar-refractivity contribution >= 4 is 10.0 Å². The van der Waals surface area contributed by atoms with E-state index >= 15 is 0 Å². The Morgan fingerprint density at radius 1 is 1.39 bits per heavy atom. The number of hydrogen-bond donors (Lipinski definition) is 2. The van der Waals surface area contributed by atoms with Crippen LogP contribution in [0.3, 0.4) is 0 Å². The lowest BCUT2D eigenvalue weighted by Crippen LogP contribution is -2.30. The van der Waals surface area contributed by atoms with Crippen LogP contribution in [0.5, 0.6) is 0 Å². The first-order valence-corrected chi connectivity index (χ1v) is 7.34. The van der Waals surface area contributed by atoms with Crippen LogP contribution in [0.1, 0.15) is 19.8 Å². The van der Waals surface area contributed by atoms with Crippen LogP contribution in [0.15, 0.2) is 29.2 Å². The largest absolute Gasteiger partial charge is 0.396 e. The first-order chi connectivity index (χ1) is 8.51. The predicted molar refractivity (Wildman–Crippen MR) is 67.1 cm³/mol. The van der Waals surface area contributed by atoms with Crippen LogP contribution in [0.2, 0.25) is 0 Å². The standard InChI is InChI=1S/C12H18FNO3S/c1-2-10(7-8-15)9-14-18(16,17)12-6-4-3-5-11(12)13/h3-6,10,14-15H,2,7-9H2,1H3. The lowest BCUT2D eigenvalue weighted by Gasteiger charge is -2.14. The van der Waals surface area contributed by atoms with Gasteiger partial charge < -0.3 is 5.11 Å². The lowest BCUT2D eigenvalue weighted by molar-refractivity contribution is 0.254. The molecular formula is C12H18FNO3S. The molecule has 0 aliphatic heterocycles. The third-order valence-electron chi connectivity index (χ3n) is 2.80. The van der Waals surface area contributed by atoms with Crippen molar-refractivity contribution in [2.45, 2.75) is 24.7 Å². The summed E-state index contributed by atoms with van der Waals surface area (Å²) >= 11 is 0. The molecule has 0 spiro atoms. The zero-order valence-corrected chi connectivity index (χ0v) is 11.1. The molecule has 0 bridgehead atoms. The molecule has 102 valence electrons. The molecule has 0 heterocycles. The van der Waals surface area contributed by atoms with Gasteiger partial charge in [0.25, 0.3) is 0 Å². The number of nitrogens with one attached hydrogen (secondary N) is 1. The average Bonchev–Trinajstić information content (AvgIpc) is 2.34. The van der Waals surface area contributed by atoms with Gasteiger partial charge in [0, 0.05) is 13.2 Å². The molecule has 1 aromatic carbocycles. The summed E-state index contributed by atoms with van der Waals surface area (Å²) in [7, 11) is -3.82. The molecule has 0 radical (unpaired) electrons. The van der Waals surface area contributed by atoms with Crippen LogP contribution in [0.25, 0.3) is 0 Å². The van der Waals surface area contributed by atoms with Gasteiger partial charge >= 0.3 is 0 Å². The van der Waals surface area contributed by atoms with E-state index in [-0.39, 0.29) is 24.0 Å². The fourth-order valence-corrected chi connectivity index (χ4v) is 2.79. The van der Waals surface area contributed by atoms with E-state index in [1.165, 1.54) is 18.2 Å². The quantitative estimate of drug-likeness (QED) is 0.792. The summed E-state index contributed by atoms with van der Waals surface area (Å²) in [5.74, 6) is -0.711. The number of halogens is 1. The van der Waals surface area contributed by atoms with Gasteiger partial charge in [-0.3, -0.25) is 0 Å². The van der Waals surface area contributed by atoms with Gasteiger partial charge in [-0.1, -0.05) is 25.5 Å². The number of rotatable bonds is 7. The molecule has 18 heavy (non-hydrogen) atoms. The third-order valence-corrected chi connectivity index (χ3v) is 4.26. The fourth-order valence-electron chi connectivity index (χ4n) is 1.60. The van der Waals surface area contributed by atoms with Crippen molar-refractivity contribution in [3.8, 4) is 0 Å². The summed E-state index contributed by atoms with van der Waals surface area (Å²) in [6.07, 6.45) is 1.27. The van der Waals surface area contributed by atoms with Crippen molar-refractivity contribution in [1.29, 1.82) is 0 Å². The topological polar surface area (TPSA) is 66.4 Å². The van der Waals surface area contributed by atoms with E-state index in [0.717, 1.165) is 12.5 Å². The van der Waals surface area contributed by atoms with Crippen LogP contribution in [0, 0.1) is 11.7 Å². The average molecular weight is 275 g/mol. The van der Waals surface area contributed by atoms with E-state index in [0.29, 0.717) is 6.42 Å². The number of aliphatic hydroxyl groups is 1. The number of benzene rings is 1. The highest BCUT2D eigenvalue weighted by molar-refractivity contribution is 7.89. The van der Waals surface area contributed by atoms with E-state index in [1.54, 1.807) is 0 Å². The minimum absolute atomic E-state index is 0.0138. The molecule has 0 fully saturated rings. The predicted octanol–water partition coefficient (Wildman–Crippen LogP) is 1.51. The normalized spacial score (nSPS) is 13.5. The highest BCUT2D eigenvalue weighted by Gasteiger charge is 2.19. The number of aliphatic hydroxyl groups excluding tert-OH is 1. The Balaban J connectivity index is 2.74. The molecule has 1 atom stereocenters. The summed E-state index contributed by atoms with van der Waals surface area (Å²) in [6.45, 7) is 2.13. The summed E-state index contributed by atoms with van der Waals surface area (Å²) in [5, 5.41) is 8.82. The Labute approximate surface area is 107 Å². The number of sulfonamides is 1. The van der Waals surface area contributed by atoms with Crippen LogP contribution in [-0.2, 0) is 10.0 Å². The van der Waals surface area contributed by atoms with Gasteiger partial charge in [0.1, 0.15) is 10.7 Å². The molecule has 6 heteroatoms. The van der Waals surface area contributed by atoms with E-state index in [1.807, 2.05) is 6.92 Å². The fraction of sp³-hybridized carbons (Fsp3) is 0.500. The molecule has 1 unspecified atom stereocenters. The van der Waals surface area contributed by atoms with Gasteiger partial charge in [-0.2, -0.15) is 0 Å². The van der Waals surface area contributed by atoms with Crippen LogP contribution >= 0.6 is 0 Å². The van der Waals surface area contributed by atoms with Crippen LogP contribution < -0.4 is 4.72 Å². The van der Waals surface area contributed by atoms with Crippen LogP contribution in [0.4, 0.5) is 4.39 Å². The highest BCUT2D eigenvalue weighted by atomic mass is 32.2. The lowest BCUT2D eigenvalue weighted by atomic mass is 10.0. The van der Waals surface area contributed by atoms with Crippen molar-refractivity contribution in [1.82, 2.24) is 4.72 Å². The summed E-state index contributed by atoms with van der Waals surface area (Å²) in [4.78, 5) is -0.344. The second kappa shape index (κ2) is 6.82. The summed E-state index contributed by atoms with van der Waals surface area (Å²) < 4.78 is 39.5. The maximum Gasteiger partial charge on any atom is 0.243 e. The zero-order valence-electron chi connectivity index (χ0n) is 10.3. The third kappa shape index (κ3) is 4.04. The second-order valence-corrected chi connectivity index (χ2v) is 5.80. The molecule has 0 saturated heterocycles. The van der Waals surface area contributed by atoms with Crippen molar-refractivity contribution in [2.75, 3.05) is 13.2 Å². The van der Waals surface area contributed by atoms with Gasteiger partial charge in [0.2, 0.25) is 10.0 Å². The van der Waals surface area contributed by atoms with E-state index in [2.05, 4.69) is 4.72 Å². The summed E-state index contributed by atoms with van der Waals surface area (Å²) in [5.41, 5.74) is 0. The molecule has 0 amide bonds. The molecule has 4 nitrogen and oxygen atoms in total. The minimum Gasteiger partial charge on any atom is -0.396 e. The van der Waals surface area contributed by atoms with E-state index in [4.69, 9.17) is 5.11 Å². The molecule has 0 saturated carbocycles. The van der Waals surface area contributed by atoms with Crippen molar-refractivity contribution in [3.63, 3.8) is 0 Å². The molecule has 0 aliphatic carbocycles. The Morgan fingerprint density at radius 2 is 2.06 bits per heavy atom. The Morgan fingerprint density at radius 3 is 2.61 bits per heavy atom.